The van der Waals surface area contributed by atoms with E-state index >= 15 is 0 Å². The van der Waals surface area contributed by atoms with E-state index in [-0.39, 0.29) is 0 Å². The highest BCUT2D eigenvalue weighted by molar-refractivity contribution is 9.10. The van der Waals surface area contributed by atoms with E-state index in [0.717, 1.165) is 23.2 Å². The van der Waals surface area contributed by atoms with Gasteiger partial charge in [-0.15, -0.1) is 0 Å². The lowest BCUT2D eigenvalue weighted by molar-refractivity contribution is 0.317. The predicted molar refractivity (Wildman–Crippen MR) is 77.4 cm³/mol. The molecule has 0 atom stereocenters. The second-order valence-electron chi connectivity index (χ2n) is 5.09. The molecule has 16 heavy (non-hydrogen) atoms. The molecule has 0 amide bonds. The average Bonchev–Trinajstić information content (AvgIpc) is 2.17. The highest BCUT2D eigenvalue weighted by Gasteiger charge is 2.11. The first kappa shape index (κ1) is 14.1. The van der Waals surface area contributed by atoms with Crippen LogP contribution < -0.4 is 4.74 Å². The van der Waals surface area contributed by atoms with E-state index in [1.54, 1.807) is 0 Å². The average molecular weight is 322 g/mol. The first-order chi connectivity index (χ1) is 7.38. The number of rotatable bonds is 5. The van der Waals surface area contributed by atoms with E-state index in [2.05, 4.69) is 35.6 Å². The molecule has 0 heterocycles. The SMILES string of the molecule is C[Si](C)(C)CCCOc1ccc(Br)c(Cl)c1. The van der Waals surface area contributed by atoms with Crippen molar-refractivity contribution in [2.24, 2.45) is 0 Å². The molecule has 0 aromatic heterocycles. The molecule has 0 saturated carbocycles. The van der Waals surface area contributed by atoms with Crippen molar-refractivity contribution in [3.05, 3.63) is 27.7 Å². The third kappa shape index (κ3) is 5.37. The van der Waals surface area contributed by atoms with Crippen LogP contribution in [0.3, 0.4) is 0 Å². The zero-order valence-electron chi connectivity index (χ0n) is 10.0. The van der Waals surface area contributed by atoms with Crippen LogP contribution in [0.15, 0.2) is 22.7 Å². The Bertz CT molecular complexity index is 349. The third-order valence-corrected chi connectivity index (χ3v) is 5.32. The Kier molecular flexibility index (Phi) is 5.35. The summed E-state index contributed by atoms with van der Waals surface area (Å²) in [6.07, 6.45) is 1.13. The van der Waals surface area contributed by atoms with Gasteiger partial charge in [0.1, 0.15) is 5.75 Å². The Hall–Kier alpha value is 0.00688. The summed E-state index contributed by atoms with van der Waals surface area (Å²) in [6.45, 7) is 7.92. The van der Waals surface area contributed by atoms with Gasteiger partial charge in [-0.3, -0.25) is 0 Å². The molecular weight excluding hydrogens is 304 g/mol. The van der Waals surface area contributed by atoms with Crippen molar-refractivity contribution < 1.29 is 4.74 Å². The summed E-state index contributed by atoms with van der Waals surface area (Å²) in [4.78, 5) is 0. The number of hydrogen-bond donors (Lipinski definition) is 0. The summed E-state index contributed by atoms with van der Waals surface area (Å²) < 4.78 is 6.56. The van der Waals surface area contributed by atoms with Crippen LogP contribution in [-0.2, 0) is 0 Å². The van der Waals surface area contributed by atoms with Gasteiger partial charge >= 0.3 is 0 Å². The highest BCUT2D eigenvalue weighted by Crippen LogP contribution is 2.26. The normalized spacial score (nSPS) is 11.6. The molecule has 1 rings (SSSR count). The molecule has 1 aromatic carbocycles. The van der Waals surface area contributed by atoms with E-state index in [4.69, 9.17) is 16.3 Å². The van der Waals surface area contributed by atoms with Gasteiger partial charge in [0.05, 0.1) is 11.6 Å². The topological polar surface area (TPSA) is 9.23 Å². The number of ether oxygens (including phenoxy) is 1. The maximum Gasteiger partial charge on any atom is 0.120 e. The van der Waals surface area contributed by atoms with E-state index in [1.807, 2.05) is 18.2 Å². The lowest BCUT2D eigenvalue weighted by Crippen LogP contribution is -2.19. The first-order valence-corrected chi connectivity index (χ1v) is 10.3. The Morgan fingerprint density at radius 1 is 1.31 bits per heavy atom. The number of benzene rings is 1. The molecule has 4 heteroatoms. The van der Waals surface area contributed by atoms with Gasteiger partial charge in [0.15, 0.2) is 0 Å². The Balaban J connectivity index is 2.35. The number of halogens is 2. The van der Waals surface area contributed by atoms with Gasteiger partial charge in [-0.25, -0.2) is 0 Å². The van der Waals surface area contributed by atoms with Gasteiger partial charge in [0.2, 0.25) is 0 Å². The summed E-state index contributed by atoms with van der Waals surface area (Å²) in [7, 11) is -0.929. The molecule has 1 aromatic rings. The quantitative estimate of drug-likeness (QED) is 0.534. The molecule has 0 aliphatic heterocycles. The molecule has 1 nitrogen and oxygen atoms in total. The fourth-order valence-electron chi connectivity index (χ4n) is 1.36. The zero-order valence-corrected chi connectivity index (χ0v) is 13.4. The standard InChI is InChI=1S/C12H18BrClOSi/c1-16(2,3)8-4-7-15-10-5-6-11(13)12(14)9-10/h5-6,9H,4,7-8H2,1-3H3. The highest BCUT2D eigenvalue weighted by atomic mass is 79.9. The molecule has 0 unspecified atom stereocenters. The van der Waals surface area contributed by atoms with Gasteiger partial charge in [-0.2, -0.15) is 0 Å². The van der Waals surface area contributed by atoms with Crippen LogP contribution in [0.5, 0.6) is 5.75 Å². The molecule has 0 fully saturated rings. The minimum Gasteiger partial charge on any atom is -0.494 e. The van der Waals surface area contributed by atoms with Crippen molar-refractivity contribution in [1.82, 2.24) is 0 Å². The van der Waals surface area contributed by atoms with E-state index in [0.29, 0.717) is 5.02 Å². The van der Waals surface area contributed by atoms with E-state index in [1.165, 1.54) is 6.04 Å². The predicted octanol–water partition coefficient (Wildman–Crippen LogP) is 5.21. The minimum absolute atomic E-state index is 0.697. The molecule has 90 valence electrons. The Morgan fingerprint density at radius 2 is 2.00 bits per heavy atom. The lowest BCUT2D eigenvalue weighted by Gasteiger charge is -2.15. The zero-order chi connectivity index (χ0) is 12.2. The summed E-state index contributed by atoms with van der Waals surface area (Å²) >= 11 is 9.33. The molecular formula is C12H18BrClOSi. The minimum atomic E-state index is -0.929. The van der Waals surface area contributed by atoms with Crippen LogP contribution in [0, 0.1) is 0 Å². The first-order valence-electron chi connectivity index (χ1n) is 5.46. The van der Waals surface area contributed by atoms with Gasteiger partial charge in [-0.05, 0) is 40.5 Å². The second-order valence-corrected chi connectivity index (χ2v) is 12.0. The molecule has 0 bridgehead atoms. The van der Waals surface area contributed by atoms with Crippen LogP contribution in [0.25, 0.3) is 0 Å². The summed E-state index contributed by atoms with van der Waals surface area (Å²) in [5, 5.41) is 0.697. The maximum absolute atomic E-state index is 5.98. The fourth-order valence-corrected chi connectivity index (χ4v) is 2.98. The fraction of sp³-hybridized carbons (Fsp3) is 0.500. The largest absolute Gasteiger partial charge is 0.494 e. The van der Waals surface area contributed by atoms with Crippen molar-refractivity contribution in [1.29, 1.82) is 0 Å². The molecule has 0 saturated heterocycles. The van der Waals surface area contributed by atoms with Crippen molar-refractivity contribution in [3.63, 3.8) is 0 Å². The maximum atomic E-state index is 5.98. The molecule has 0 spiro atoms. The van der Waals surface area contributed by atoms with Crippen molar-refractivity contribution in [3.8, 4) is 5.75 Å². The van der Waals surface area contributed by atoms with Gasteiger partial charge in [0.25, 0.3) is 0 Å². The molecule has 0 aliphatic rings. The lowest BCUT2D eigenvalue weighted by atomic mass is 10.3. The van der Waals surface area contributed by atoms with Crippen LogP contribution in [0.2, 0.25) is 30.7 Å². The molecule has 0 radical (unpaired) electrons. The van der Waals surface area contributed by atoms with Crippen molar-refractivity contribution in [2.45, 2.75) is 32.1 Å². The second kappa shape index (κ2) is 6.08. The summed E-state index contributed by atoms with van der Waals surface area (Å²) in [5.41, 5.74) is 0. The Morgan fingerprint density at radius 3 is 2.56 bits per heavy atom. The van der Waals surface area contributed by atoms with Crippen LogP contribution in [0.4, 0.5) is 0 Å². The summed E-state index contributed by atoms with van der Waals surface area (Å²) in [6, 6.07) is 7.00. The van der Waals surface area contributed by atoms with Gasteiger partial charge in [-0.1, -0.05) is 37.3 Å². The molecule has 0 N–H and O–H groups in total. The van der Waals surface area contributed by atoms with Crippen molar-refractivity contribution in [2.75, 3.05) is 6.61 Å². The number of hydrogen-bond acceptors (Lipinski definition) is 1. The smallest absolute Gasteiger partial charge is 0.120 e. The van der Waals surface area contributed by atoms with Crippen LogP contribution >= 0.6 is 27.5 Å². The van der Waals surface area contributed by atoms with Gasteiger partial charge < -0.3 is 4.74 Å². The summed E-state index contributed by atoms with van der Waals surface area (Å²) in [5.74, 6) is 0.851. The van der Waals surface area contributed by atoms with Gasteiger partial charge in [0, 0.05) is 12.5 Å². The third-order valence-electron chi connectivity index (χ3n) is 2.23. The monoisotopic (exact) mass is 320 g/mol. The Labute approximate surface area is 112 Å². The van der Waals surface area contributed by atoms with Crippen LogP contribution in [0.1, 0.15) is 6.42 Å². The molecule has 0 aliphatic carbocycles. The van der Waals surface area contributed by atoms with E-state index < -0.39 is 8.07 Å². The van der Waals surface area contributed by atoms with Crippen LogP contribution in [-0.4, -0.2) is 14.7 Å². The van der Waals surface area contributed by atoms with E-state index in [9.17, 15) is 0 Å². The van der Waals surface area contributed by atoms with Crippen molar-refractivity contribution >= 4 is 35.6 Å².